The van der Waals surface area contributed by atoms with Gasteiger partial charge in [0.05, 0.1) is 5.56 Å². The summed E-state index contributed by atoms with van der Waals surface area (Å²) in [6, 6.07) is 13.3. The summed E-state index contributed by atoms with van der Waals surface area (Å²) in [5.74, 6) is 1.15. The Morgan fingerprint density at radius 2 is 1.91 bits per heavy atom. The van der Waals surface area contributed by atoms with Crippen molar-refractivity contribution in [1.29, 1.82) is 0 Å². The van der Waals surface area contributed by atoms with Crippen molar-refractivity contribution >= 4 is 5.97 Å². The summed E-state index contributed by atoms with van der Waals surface area (Å²) in [6.45, 7) is 4.07. The average Bonchev–Trinajstić information content (AvgIpc) is 2.52. The van der Waals surface area contributed by atoms with Crippen LogP contribution in [0.5, 0.6) is 11.5 Å². The molecule has 5 heteroatoms. The van der Waals surface area contributed by atoms with Crippen LogP contribution in [0.4, 0.5) is 0 Å². The van der Waals surface area contributed by atoms with Gasteiger partial charge in [-0.3, -0.25) is 0 Å². The van der Waals surface area contributed by atoms with Crippen LogP contribution >= 0.6 is 0 Å². The maximum Gasteiger partial charge on any atom is 0.340 e. The second-order valence-electron chi connectivity index (χ2n) is 5.10. The van der Waals surface area contributed by atoms with Gasteiger partial charge in [0.15, 0.2) is 6.29 Å². The number of carbonyl (C=O) groups is 1. The predicted molar refractivity (Wildman–Crippen MR) is 82.3 cm³/mol. The zero-order chi connectivity index (χ0) is 15.5. The molecule has 124 valence electrons. The molecule has 0 N–H and O–H groups in total. The third-order valence-corrected chi connectivity index (χ3v) is 3.59. The molecule has 0 aliphatic carbocycles. The van der Waals surface area contributed by atoms with Crippen LogP contribution < -0.4 is 4.74 Å². The number of rotatable bonds is 4. The van der Waals surface area contributed by atoms with Gasteiger partial charge < -0.3 is 14.2 Å². The standard InChI is InChI=1S/C18H18O4.Pt/c1-3-20-12(2)21-18(19)14-8-6-10-17-15(14)11-13-7-4-5-9-16(13)22-17;/h4-10,12H,3,11H2,1-2H3;. The van der Waals surface area contributed by atoms with Crippen LogP contribution in [0.2, 0.25) is 0 Å². The molecule has 2 aromatic rings. The Morgan fingerprint density at radius 1 is 1.17 bits per heavy atom. The number of hydrogen-bond acceptors (Lipinski definition) is 4. The van der Waals surface area contributed by atoms with E-state index in [4.69, 9.17) is 14.2 Å². The van der Waals surface area contributed by atoms with E-state index >= 15 is 0 Å². The number of ether oxygens (including phenoxy) is 3. The second kappa shape index (κ2) is 7.76. The van der Waals surface area contributed by atoms with Crippen LogP contribution in [-0.4, -0.2) is 18.9 Å². The maximum absolute atomic E-state index is 12.4. The van der Waals surface area contributed by atoms with Gasteiger partial charge >= 0.3 is 5.97 Å². The van der Waals surface area contributed by atoms with Gasteiger partial charge in [0.25, 0.3) is 0 Å². The number of para-hydroxylation sites is 1. The zero-order valence-electron chi connectivity index (χ0n) is 13.0. The minimum Gasteiger partial charge on any atom is -0.457 e. The summed E-state index contributed by atoms with van der Waals surface area (Å²) in [7, 11) is 0. The van der Waals surface area contributed by atoms with Crippen LogP contribution in [0.1, 0.15) is 35.3 Å². The van der Waals surface area contributed by atoms with Crippen molar-refractivity contribution in [3.8, 4) is 11.5 Å². The van der Waals surface area contributed by atoms with Gasteiger partial charge in [0.2, 0.25) is 0 Å². The van der Waals surface area contributed by atoms with E-state index in [1.54, 1.807) is 19.1 Å². The van der Waals surface area contributed by atoms with Gasteiger partial charge in [-0.25, -0.2) is 4.79 Å². The Bertz CT molecular complexity index is 699. The molecular weight excluding hydrogens is 475 g/mol. The topological polar surface area (TPSA) is 44.8 Å². The van der Waals surface area contributed by atoms with Crippen molar-refractivity contribution in [3.63, 3.8) is 0 Å². The first kappa shape index (κ1) is 17.7. The number of hydrogen-bond donors (Lipinski definition) is 0. The molecule has 4 nitrogen and oxygen atoms in total. The summed E-state index contributed by atoms with van der Waals surface area (Å²) < 4.78 is 16.5. The molecule has 2 aromatic carbocycles. The first-order valence-electron chi connectivity index (χ1n) is 7.39. The third-order valence-electron chi connectivity index (χ3n) is 3.59. The molecule has 1 aliphatic rings. The molecule has 23 heavy (non-hydrogen) atoms. The molecule has 1 aliphatic heterocycles. The number of fused-ring (bicyclic) bond motifs is 2. The Morgan fingerprint density at radius 3 is 2.70 bits per heavy atom. The summed E-state index contributed by atoms with van der Waals surface area (Å²) >= 11 is 0. The minimum atomic E-state index is -0.565. The van der Waals surface area contributed by atoms with Gasteiger partial charge in [-0.15, -0.1) is 0 Å². The second-order valence-corrected chi connectivity index (χ2v) is 5.10. The minimum absolute atomic E-state index is 0. The number of benzene rings is 2. The predicted octanol–water partition coefficient (Wildman–Crippen LogP) is 3.92. The van der Waals surface area contributed by atoms with Crippen LogP contribution in [0.3, 0.4) is 0 Å². The van der Waals surface area contributed by atoms with E-state index in [0.29, 0.717) is 24.3 Å². The summed E-state index contributed by atoms with van der Waals surface area (Å²) in [5, 5.41) is 0. The van der Waals surface area contributed by atoms with Gasteiger partial charge in [-0.05, 0) is 37.6 Å². The Kier molecular flexibility index (Phi) is 5.97. The van der Waals surface area contributed by atoms with E-state index in [9.17, 15) is 4.79 Å². The van der Waals surface area contributed by atoms with E-state index in [2.05, 4.69) is 0 Å². The molecule has 1 heterocycles. The summed E-state index contributed by atoms with van der Waals surface area (Å²) in [4.78, 5) is 12.4. The molecule has 0 saturated heterocycles. The molecule has 1 atom stereocenters. The van der Waals surface area contributed by atoms with Crippen molar-refractivity contribution in [3.05, 3.63) is 59.2 Å². The smallest absolute Gasteiger partial charge is 0.340 e. The van der Waals surface area contributed by atoms with Gasteiger partial charge in [0.1, 0.15) is 11.5 Å². The first-order valence-corrected chi connectivity index (χ1v) is 7.39. The average molecular weight is 493 g/mol. The fraction of sp³-hybridized carbons (Fsp3) is 0.278. The molecule has 0 spiro atoms. The van der Waals surface area contributed by atoms with E-state index < -0.39 is 6.29 Å². The molecule has 0 bridgehead atoms. The number of carbonyl (C=O) groups excluding carboxylic acids is 1. The zero-order valence-corrected chi connectivity index (χ0v) is 15.3. The van der Waals surface area contributed by atoms with Crippen LogP contribution in [0.25, 0.3) is 0 Å². The van der Waals surface area contributed by atoms with Crippen LogP contribution in [0.15, 0.2) is 42.5 Å². The van der Waals surface area contributed by atoms with Crippen molar-refractivity contribution in [2.24, 2.45) is 0 Å². The molecule has 0 saturated carbocycles. The van der Waals surface area contributed by atoms with Crippen LogP contribution in [-0.2, 0) is 37.0 Å². The number of esters is 1. The third kappa shape index (κ3) is 3.82. The Balaban J connectivity index is 0.00000192. The monoisotopic (exact) mass is 493 g/mol. The van der Waals surface area contributed by atoms with Crippen molar-refractivity contribution in [2.45, 2.75) is 26.6 Å². The largest absolute Gasteiger partial charge is 0.457 e. The molecule has 0 aromatic heterocycles. The van der Waals surface area contributed by atoms with Crippen LogP contribution in [0, 0.1) is 0 Å². The van der Waals surface area contributed by atoms with Gasteiger partial charge in [-0.1, -0.05) is 24.3 Å². The molecule has 3 rings (SSSR count). The molecule has 0 radical (unpaired) electrons. The maximum atomic E-state index is 12.4. The summed E-state index contributed by atoms with van der Waals surface area (Å²) in [6.07, 6.45) is 0.0879. The Labute approximate surface area is 150 Å². The van der Waals surface area contributed by atoms with E-state index in [0.717, 1.165) is 16.9 Å². The fourth-order valence-electron chi connectivity index (χ4n) is 2.58. The fourth-order valence-corrected chi connectivity index (χ4v) is 2.58. The molecule has 1 unspecified atom stereocenters. The van der Waals surface area contributed by atoms with E-state index in [1.807, 2.05) is 37.3 Å². The summed E-state index contributed by atoms with van der Waals surface area (Å²) in [5.41, 5.74) is 2.45. The Hall–Kier alpha value is -1.64. The molecule has 0 fully saturated rings. The van der Waals surface area contributed by atoms with Gasteiger partial charge in [0, 0.05) is 39.7 Å². The SMILES string of the molecule is CCOC(C)OC(=O)c1cccc2c1Cc1ccccc1O2.[Pt]. The van der Waals surface area contributed by atoms with Gasteiger partial charge in [-0.2, -0.15) is 0 Å². The normalized spacial score (nSPS) is 13.0. The van der Waals surface area contributed by atoms with Crippen molar-refractivity contribution in [2.75, 3.05) is 6.61 Å². The molecule has 0 amide bonds. The van der Waals surface area contributed by atoms with Crippen molar-refractivity contribution in [1.82, 2.24) is 0 Å². The quantitative estimate of drug-likeness (QED) is 0.409. The first-order chi connectivity index (χ1) is 10.7. The molecular formula is C18H18O4Pt. The van der Waals surface area contributed by atoms with E-state index in [-0.39, 0.29) is 27.0 Å². The van der Waals surface area contributed by atoms with E-state index in [1.165, 1.54) is 0 Å². The van der Waals surface area contributed by atoms with Crippen molar-refractivity contribution < 1.29 is 40.1 Å².